The van der Waals surface area contributed by atoms with Crippen LogP contribution in [0.4, 0.5) is 5.69 Å². The number of nitrogen functional groups attached to an aromatic ring is 1. The normalized spacial score (nSPS) is 22.5. The summed E-state index contributed by atoms with van der Waals surface area (Å²) in [5, 5.41) is 0.776. The van der Waals surface area contributed by atoms with Crippen molar-refractivity contribution in [3.05, 3.63) is 59.1 Å². The maximum Gasteiger partial charge on any atom is 0.153 e. The first-order chi connectivity index (χ1) is 12.0. The Hall–Kier alpha value is -1.71. The average molecular weight is 359 g/mol. The molecule has 1 heterocycles. The number of nitrogens with zero attached hydrogens (tertiary/aromatic N) is 1. The number of hydrogen-bond donors (Lipinski definition) is 1. The Kier molecular flexibility index (Phi) is 5.55. The number of benzene rings is 2. The van der Waals surface area contributed by atoms with Gasteiger partial charge in [-0.05, 0) is 62.4 Å². The van der Waals surface area contributed by atoms with Gasteiger partial charge in [0.15, 0.2) is 6.23 Å². The maximum absolute atomic E-state index is 6.34. The number of halogens is 1. The van der Waals surface area contributed by atoms with E-state index in [0.29, 0.717) is 0 Å². The molecule has 134 valence electrons. The summed E-state index contributed by atoms with van der Waals surface area (Å²) >= 11 is 6.09. The average Bonchev–Trinajstić information content (AvgIpc) is 2.61. The summed E-state index contributed by atoms with van der Waals surface area (Å²) in [6.45, 7) is 5.52. The van der Waals surface area contributed by atoms with Crippen LogP contribution in [0.15, 0.2) is 48.5 Å². The molecule has 2 aromatic carbocycles. The smallest absolute Gasteiger partial charge is 0.153 e. The van der Waals surface area contributed by atoms with Gasteiger partial charge in [0.25, 0.3) is 0 Å². The highest BCUT2D eigenvalue weighted by molar-refractivity contribution is 6.30. The van der Waals surface area contributed by atoms with Crippen LogP contribution in [-0.4, -0.2) is 17.7 Å². The molecule has 1 saturated heterocycles. The van der Waals surface area contributed by atoms with E-state index >= 15 is 0 Å². The number of likely N-dealkylation sites (tertiary alicyclic amines) is 1. The van der Waals surface area contributed by atoms with Crippen LogP contribution in [-0.2, 0) is 5.54 Å². The lowest BCUT2D eigenvalue weighted by molar-refractivity contribution is -0.0722. The largest absolute Gasteiger partial charge is 0.475 e. The lowest BCUT2D eigenvalue weighted by Gasteiger charge is -2.48. The Labute approximate surface area is 155 Å². The molecular formula is C21H27ClN2O. The second-order valence-electron chi connectivity index (χ2n) is 6.98. The molecule has 2 aromatic rings. The number of anilines is 1. The van der Waals surface area contributed by atoms with E-state index in [9.17, 15) is 0 Å². The van der Waals surface area contributed by atoms with E-state index in [1.807, 2.05) is 36.4 Å². The highest BCUT2D eigenvalue weighted by Gasteiger charge is 2.40. The molecule has 1 aliphatic heterocycles. The molecule has 3 rings (SSSR count). The lowest BCUT2D eigenvalue weighted by Crippen LogP contribution is -2.54. The predicted molar refractivity (Wildman–Crippen MR) is 105 cm³/mol. The first-order valence-electron chi connectivity index (χ1n) is 9.08. The van der Waals surface area contributed by atoms with Crippen LogP contribution >= 0.6 is 11.6 Å². The van der Waals surface area contributed by atoms with Crippen LogP contribution in [0, 0.1) is 0 Å². The molecule has 0 spiro atoms. The summed E-state index contributed by atoms with van der Waals surface area (Å²) in [5.74, 6) is 0.830. The molecule has 4 heteroatoms. The summed E-state index contributed by atoms with van der Waals surface area (Å²) in [6.07, 6.45) is 4.47. The minimum absolute atomic E-state index is 0.0165. The molecular weight excluding hydrogens is 332 g/mol. The zero-order valence-electron chi connectivity index (χ0n) is 15.0. The monoisotopic (exact) mass is 358 g/mol. The summed E-state index contributed by atoms with van der Waals surface area (Å²) in [4.78, 5) is 2.50. The molecule has 0 saturated carbocycles. The molecule has 0 aliphatic carbocycles. The van der Waals surface area contributed by atoms with Crippen molar-refractivity contribution in [3.8, 4) is 5.75 Å². The summed E-state index contributed by atoms with van der Waals surface area (Å²) < 4.78 is 6.34. The zero-order valence-corrected chi connectivity index (χ0v) is 15.8. The standard InChI is InChI=1S/C21H27ClN2O/c1-3-20(25-19-8-6-7-18(23)15-19)24-14-5-4-13-21(24,2)16-9-11-17(22)12-10-16/h6-12,15,20H,3-5,13-14,23H2,1-2H3. The third-order valence-electron chi connectivity index (χ3n) is 5.24. The van der Waals surface area contributed by atoms with Crippen molar-refractivity contribution in [1.29, 1.82) is 0 Å². The Morgan fingerprint density at radius 1 is 1.20 bits per heavy atom. The van der Waals surface area contributed by atoms with Crippen LogP contribution in [0.2, 0.25) is 5.02 Å². The van der Waals surface area contributed by atoms with Gasteiger partial charge in [-0.25, -0.2) is 0 Å². The van der Waals surface area contributed by atoms with Gasteiger partial charge in [-0.1, -0.05) is 36.7 Å². The van der Waals surface area contributed by atoms with Crippen LogP contribution in [0.5, 0.6) is 5.75 Å². The molecule has 0 amide bonds. The van der Waals surface area contributed by atoms with Gasteiger partial charge in [0, 0.05) is 28.9 Å². The van der Waals surface area contributed by atoms with Crippen molar-refractivity contribution in [2.75, 3.05) is 12.3 Å². The third kappa shape index (κ3) is 3.94. The van der Waals surface area contributed by atoms with E-state index in [1.54, 1.807) is 0 Å². The van der Waals surface area contributed by atoms with Crippen molar-refractivity contribution in [2.45, 2.75) is 51.3 Å². The van der Waals surface area contributed by atoms with Crippen molar-refractivity contribution in [1.82, 2.24) is 4.90 Å². The maximum atomic E-state index is 6.34. The van der Waals surface area contributed by atoms with Gasteiger partial charge < -0.3 is 10.5 Å². The van der Waals surface area contributed by atoms with Gasteiger partial charge in [0.2, 0.25) is 0 Å². The zero-order chi connectivity index (χ0) is 17.9. The van der Waals surface area contributed by atoms with Crippen LogP contribution in [0.3, 0.4) is 0 Å². The minimum atomic E-state index is -0.0517. The molecule has 2 atom stereocenters. The lowest BCUT2D eigenvalue weighted by atomic mass is 9.81. The first kappa shape index (κ1) is 18.1. The summed E-state index contributed by atoms with van der Waals surface area (Å²) in [5.41, 5.74) is 7.88. The van der Waals surface area contributed by atoms with E-state index in [2.05, 4.69) is 30.9 Å². The molecule has 2 N–H and O–H groups in total. The molecule has 2 unspecified atom stereocenters. The van der Waals surface area contributed by atoms with Gasteiger partial charge in [-0.3, -0.25) is 4.90 Å². The minimum Gasteiger partial charge on any atom is -0.475 e. The highest BCUT2D eigenvalue weighted by atomic mass is 35.5. The van der Waals surface area contributed by atoms with Crippen molar-refractivity contribution in [2.24, 2.45) is 0 Å². The quantitative estimate of drug-likeness (QED) is 0.723. The summed E-state index contributed by atoms with van der Waals surface area (Å²) in [6, 6.07) is 15.9. The van der Waals surface area contributed by atoms with E-state index in [4.69, 9.17) is 22.1 Å². The predicted octanol–water partition coefficient (Wildman–Crippen LogP) is 5.44. The van der Waals surface area contributed by atoms with Crippen LogP contribution in [0.1, 0.15) is 45.1 Å². The number of piperidine rings is 1. The van der Waals surface area contributed by atoms with E-state index < -0.39 is 0 Å². The topological polar surface area (TPSA) is 38.5 Å². The van der Waals surface area contributed by atoms with Gasteiger partial charge in [-0.2, -0.15) is 0 Å². The number of hydrogen-bond acceptors (Lipinski definition) is 3. The first-order valence-corrected chi connectivity index (χ1v) is 9.46. The Bertz CT molecular complexity index is 703. The molecule has 0 aromatic heterocycles. The SMILES string of the molecule is CCC(Oc1cccc(N)c1)N1CCCCC1(C)c1ccc(Cl)cc1. The number of ether oxygens (including phenoxy) is 1. The fraction of sp³-hybridized carbons (Fsp3) is 0.429. The Balaban J connectivity index is 1.88. The molecule has 0 bridgehead atoms. The van der Waals surface area contributed by atoms with Gasteiger partial charge >= 0.3 is 0 Å². The third-order valence-corrected chi connectivity index (χ3v) is 5.49. The van der Waals surface area contributed by atoms with Crippen LogP contribution < -0.4 is 10.5 Å². The van der Waals surface area contributed by atoms with Crippen molar-refractivity contribution in [3.63, 3.8) is 0 Å². The fourth-order valence-electron chi connectivity index (χ4n) is 3.83. The molecule has 0 radical (unpaired) electrons. The number of nitrogens with two attached hydrogens (primary N) is 1. The highest BCUT2D eigenvalue weighted by Crippen LogP contribution is 2.40. The number of rotatable bonds is 5. The second kappa shape index (κ2) is 7.67. The van der Waals surface area contributed by atoms with Crippen LogP contribution in [0.25, 0.3) is 0 Å². The van der Waals surface area contributed by atoms with E-state index in [0.717, 1.165) is 35.8 Å². The Morgan fingerprint density at radius 3 is 2.64 bits per heavy atom. The molecule has 25 heavy (non-hydrogen) atoms. The summed E-state index contributed by atoms with van der Waals surface area (Å²) in [7, 11) is 0. The van der Waals surface area contributed by atoms with E-state index in [-0.39, 0.29) is 11.8 Å². The van der Waals surface area contributed by atoms with Gasteiger partial charge in [-0.15, -0.1) is 0 Å². The van der Waals surface area contributed by atoms with E-state index in [1.165, 1.54) is 18.4 Å². The van der Waals surface area contributed by atoms with Gasteiger partial charge in [0.1, 0.15) is 5.75 Å². The van der Waals surface area contributed by atoms with Crippen molar-refractivity contribution < 1.29 is 4.74 Å². The molecule has 1 fully saturated rings. The second-order valence-corrected chi connectivity index (χ2v) is 7.42. The fourth-order valence-corrected chi connectivity index (χ4v) is 3.96. The van der Waals surface area contributed by atoms with Crippen molar-refractivity contribution >= 4 is 17.3 Å². The van der Waals surface area contributed by atoms with Gasteiger partial charge in [0.05, 0.1) is 0 Å². The Morgan fingerprint density at radius 2 is 1.96 bits per heavy atom. The molecule has 1 aliphatic rings. The molecule has 3 nitrogen and oxygen atoms in total.